The van der Waals surface area contributed by atoms with E-state index < -0.39 is 29.0 Å². The molecule has 0 saturated carbocycles. The summed E-state index contributed by atoms with van der Waals surface area (Å²) in [4.78, 5) is 18.4. The first-order valence-corrected chi connectivity index (χ1v) is 8.13. The van der Waals surface area contributed by atoms with Crippen LogP contribution >= 0.6 is 0 Å². The molecule has 1 heterocycles. The molecule has 7 heteroatoms. The number of carbonyl (C=O) groups excluding carboxylic acids is 1. The van der Waals surface area contributed by atoms with Gasteiger partial charge in [0.1, 0.15) is 5.69 Å². The number of nitrogens with one attached hydrogen (secondary N) is 1. The summed E-state index contributed by atoms with van der Waals surface area (Å²) < 4.78 is 39.9. The maximum atomic E-state index is 13.7. The van der Waals surface area contributed by atoms with E-state index in [2.05, 4.69) is 29.0 Å². The number of carbonyl (C=O) groups is 1. The van der Waals surface area contributed by atoms with E-state index in [1.165, 1.54) is 6.20 Å². The minimum Gasteiger partial charge on any atom is -0.371 e. The second kappa shape index (κ2) is 8.50. The van der Waals surface area contributed by atoms with Crippen LogP contribution in [-0.4, -0.2) is 24.0 Å². The molecule has 0 aliphatic carbocycles. The van der Waals surface area contributed by atoms with Gasteiger partial charge in [0, 0.05) is 25.0 Å². The zero-order chi connectivity index (χ0) is 18.4. The third kappa shape index (κ3) is 4.49. The summed E-state index contributed by atoms with van der Waals surface area (Å²) in [5.74, 6) is -5.08. The van der Waals surface area contributed by atoms with Crippen molar-refractivity contribution in [2.75, 3.05) is 23.3 Å². The van der Waals surface area contributed by atoms with Gasteiger partial charge in [-0.15, -0.1) is 0 Å². The zero-order valence-corrected chi connectivity index (χ0v) is 14.2. The van der Waals surface area contributed by atoms with Crippen molar-refractivity contribution in [1.82, 2.24) is 4.98 Å². The quantitative estimate of drug-likeness (QED) is 0.753. The molecule has 0 unspecified atom stereocenters. The molecule has 0 aliphatic heterocycles. The Labute approximate surface area is 144 Å². The first-order valence-electron chi connectivity index (χ1n) is 8.13. The van der Waals surface area contributed by atoms with Gasteiger partial charge in [0.25, 0.3) is 5.91 Å². The summed E-state index contributed by atoms with van der Waals surface area (Å²) >= 11 is 0. The lowest BCUT2D eigenvalue weighted by molar-refractivity contribution is 0.102. The summed E-state index contributed by atoms with van der Waals surface area (Å²) in [6, 6.07) is 5.11. The number of hydrogen-bond donors (Lipinski definition) is 1. The minimum atomic E-state index is -1.63. The fraction of sp³-hybridized carbons (Fsp3) is 0.333. The molecule has 1 aromatic carbocycles. The lowest BCUT2D eigenvalue weighted by atomic mass is 10.2. The van der Waals surface area contributed by atoms with E-state index in [-0.39, 0.29) is 5.69 Å². The first-order chi connectivity index (χ1) is 12.0. The largest absolute Gasteiger partial charge is 0.371 e. The predicted octanol–water partition coefficient (Wildman–Crippen LogP) is 4.38. The van der Waals surface area contributed by atoms with Gasteiger partial charge in [0.05, 0.1) is 5.69 Å². The zero-order valence-electron chi connectivity index (χ0n) is 14.2. The molecule has 4 nitrogen and oxygen atoms in total. The van der Waals surface area contributed by atoms with Crippen LogP contribution in [0.25, 0.3) is 0 Å². The number of hydrogen-bond acceptors (Lipinski definition) is 3. The molecule has 2 rings (SSSR count). The van der Waals surface area contributed by atoms with Crippen LogP contribution < -0.4 is 10.2 Å². The third-order valence-corrected chi connectivity index (χ3v) is 3.61. The second-order valence-electron chi connectivity index (χ2n) is 5.56. The number of aromatic nitrogens is 1. The van der Waals surface area contributed by atoms with Crippen molar-refractivity contribution in [3.8, 4) is 0 Å². The highest BCUT2D eigenvalue weighted by molar-refractivity contribution is 6.03. The van der Waals surface area contributed by atoms with E-state index in [1.807, 2.05) is 0 Å². The number of nitrogens with zero attached hydrogens (tertiary/aromatic N) is 2. The molecule has 2 aromatic rings. The SMILES string of the molecule is CCCN(CCC)c1ccnc(C(=O)Nc2ccc(F)c(F)c2F)c1. The Balaban J connectivity index is 2.22. The molecule has 0 spiro atoms. The average Bonchev–Trinajstić information content (AvgIpc) is 2.62. The van der Waals surface area contributed by atoms with Crippen LogP contribution in [0.15, 0.2) is 30.5 Å². The summed E-state index contributed by atoms with van der Waals surface area (Å²) in [6.07, 6.45) is 3.39. The van der Waals surface area contributed by atoms with Crippen molar-refractivity contribution < 1.29 is 18.0 Å². The molecule has 1 amide bonds. The minimum absolute atomic E-state index is 0.0684. The number of pyridine rings is 1. The highest BCUT2D eigenvalue weighted by Gasteiger charge is 2.17. The van der Waals surface area contributed by atoms with Crippen molar-refractivity contribution in [3.63, 3.8) is 0 Å². The molecular weight excluding hydrogens is 331 g/mol. The maximum Gasteiger partial charge on any atom is 0.274 e. The summed E-state index contributed by atoms with van der Waals surface area (Å²) in [7, 11) is 0. The van der Waals surface area contributed by atoms with Crippen LogP contribution in [0.4, 0.5) is 24.5 Å². The van der Waals surface area contributed by atoms with Crippen LogP contribution in [0.5, 0.6) is 0 Å². The molecule has 0 atom stereocenters. The van der Waals surface area contributed by atoms with E-state index in [1.54, 1.807) is 12.1 Å². The van der Waals surface area contributed by atoms with Crippen LogP contribution in [0.1, 0.15) is 37.2 Å². The number of benzene rings is 1. The van der Waals surface area contributed by atoms with Gasteiger partial charge in [-0.05, 0) is 37.1 Å². The average molecular weight is 351 g/mol. The summed E-state index contributed by atoms with van der Waals surface area (Å²) in [5.41, 5.74) is 0.462. The van der Waals surface area contributed by atoms with Gasteiger partial charge in [0.15, 0.2) is 17.5 Å². The Morgan fingerprint density at radius 1 is 1.08 bits per heavy atom. The third-order valence-electron chi connectivity index (χ3n) is 3.61. The van der Waals surface area contributed by atoms with Gasteiger partial charge in [-0.2, -0.15) is 0 Å². The molecule has 25 heavy (non-hydrogen) atoms. The smallest absolute Gasteiger partial charge is 0.274 e. The van der Waals surface area contributed by atoms with E-state index in [4.69, 9.17) is 0 Å². The van der Waals surface area contributed by atoms with Crippen molar-refractivity contribution in [1.29, 1.82) is 0 Å². The molecule has 0 aliphatic rings. The van der Waals surface area contributed by atoms with Crippen molar-refractivity contribution in [2.45, 2.75) is 26.7 Å². The van der Waals surface area contributed by atoms with Gasteiger partial charge < -0.3 is 10.2 Å². The fourth-order valence-corrected chi connectivity index (χ4v) is 2.46. The van der Waals surface area contributed by atoms with Gasteiger partial charge in [0.2, 0.25) is 0 Å². The Hall–Kier alpha value is -2.57. The Kier molecular flexibility index (Phi) is 6.38. The standard InChI is InChI=1S/C18H20F3N3O/c1-3-9-24(10-4-2)12-7-8-22-15(11-12)18(25)23-14-6-5-13(19)16(20)17(14)21/h5-8,11H,3-4,9-10H2,1-2H3,(H,23,25). The molecule has 0 bridgehead atoms. The monoisotopic (exact) mass is 351 g/mol. The van der Waals surface area contributed by atoms with Gasteiger partial charge in [-0.25, -0.2) is 13.2 Å². The summed E-state index contributed by atoms with van der Waals surface area (Å²) in [5, 5.41) is 2.22. The van der Waals surface area contributed by atoms with Crippen LogP contribution in [0.3, 0.4) is 0 Å². The molecular formula is C18H20F3N3O. The van der Waals surface area contributed by atoms with Crippen molar-refractivity contribution in [2.24, 2.45) is 0 Å². The predicted molar refractivity (Wildman–Crippen MR) is 91.3 cm³/mol. The van der Waals surface area contributed by atoms with Crippen LogP contribution in [-0.2, 0) is 0 Å². The van der Waals surface area contributed by atoms with E-state index >= 15 is 0 Å². The maximum absolute atomic E-state index is 13.7. The molecule has 0 saturated heterocycles. The van der Waals surface area contributed by atoms with E-state index in [9.17, 15) is 18.0 Å². The van der Waals surface area contributed by atoms with Gasteiger partial charge >= 0.3 is 0 Å². The van der Waals surface area contributed by atoms with Gasteiger partial charge in [-0.3, -0.25) is 9.78 Å². The fourth-order valence-electron chi connectivity index (χ4n) is 2.46. The molecule has 1 aromatic heterocycles. The first kappa shape index (κ1) is 18.8. The Morgan fingerprint density at radius 3 is 2.40 bits per heavy atom. The Morgan fingerprint density at radius 2 is 1.76 bits per heavy atom. The van der Waals surface area contributed by atoms with Gasteiger partial charge in [-0.1, -0.05) is 13.8 Å². The van der Waals surface area contributed by atoms with Crippen molar-refractivity contribution >= 4 is 17.3 Å². The second-order valence-corrected chi connectivity index (χ2v) is 5.56. The van der Waals surface area contributed by atoms with E-state index in [0.717, 1.165) is 43.8 Å². The normalized spacial score (nSPS) is 10.6. The molecule has 134 valence electrons. The lowest BCUT2D eigenvalue weighted by Gasteiger charge is -2.23. The number of rotatable bonds is 7. The molecule has 1 N–H and O–H groups in total. The van der Waals surface area contributed by atoms with Crippen LogP contribution in [0, 0.1) is 17.5 Å². The highest BCUT2D eigenvalue weighted by atomic mass is 19.2. The summed E-state index contributed by atoms with van der Waals surface area (Å²) in [6.45, 7) is 5.78. The molecule has 0 fully saturated rings. The number of halogens is 3. The lowest BCUT2D eigenvalue weighted by Crippen LogP contribution is -2.25. The highest BCUT2D eigenvalue weighted by Crippen LogP contribution is 2.21. The number of amides is 1. The van der Waals surface area contributed by atoms with Crippen molar-refractivity contribution in [3.05, 3.63) is 53.6 Å². The molecule has 0 radical (unpaired) electrons. The Bertz CT molecular complexity index is 746. The van der Waals surface area contributed by atoms with E-state index in [0.29, 0.717) is 0 Å². The topological polar surface area (TPSA) is 45.2 Å². The van der Waals surface area contributed by atoms with Crippen LogP contribution in [0.2, 0.25) is 0 Å². The number of anilines is 2.